The van der Waals surface area contributed by atoms with Crippen LogP contribution in [0.15, 0.2) is 6.07 Å². The summed E-state index contributed by atoms with van der Waals surface area (Å²) < 4.78 is 37.2. The van der Waals surface area contributed by atoms with E-state index in [-0.39, 0.29) is 6.04 Å². The van der Waals surface area contributed by atoms with Gasteiger partial charge in [-0.1, -0.05) is 0 Å². The maximum absolute atomic E-state index is 12.4. The summed E-state index contributed by atoms with van der Waals surface area (Å²) in [5, 5.41) is 3.14. The van der Waals surface area contributed by atoms with Crippen LogP contribution in [0.3, 0.4) is 0 Å². The fraction of sp³-hybridized carbons (Fsp3) is 0.556. The van der Waals surface area contributed by atoms with Crippen molar-refractivity contribution in [3.05, 3.63) is 21.4 Å². The van der Waals surface area contributed by atoms with Crippen LogP contribution in [0, 0.1) is 0 Å². The van der Waals surface area contributed by atoms with Crippen LogP contribution >= 0.6 is 11.3 Å². The van der Waals surface area contributed by atoms with Crippen molar-refractivity contribution < 1.29 is 13.2 Å². The van der Waals surface area contributed by atoms with Gasteiger partial charge in [0.1, 0.15) is 4.88 Å². The SMILES string of the molecule is CC1NCCc2sc(C(F)(F)F)cc21. The molecule has 0 amide bonds. The van der Waals surface area contributed by atoms with Crippen molar-refractivity contribution in [2.45, 2.75) is 25.6 Å². The van der Waals surface area contributed by atoms with E-state index in [4.69, 9.17) is 0 Å². The second-order valence-corrected chi connectivity index (χ2v) is 4.55. The van der Waals surface area contributed by atoms with E-state index >= 15 is 0 Å². The molecular formula is C9H10F3NS. The molecular weight excluding hydrogens is 211 g/mol. The molecule has 1 atom stereocenters. The van der Waals surface area contributed by atoms with Gasteiger partial charge in [0.2, 0.25) is 0 Å². The molecule has 0 aliphatic carbocycles. The number of halogens is 3. The Morgan fingerprint density at radius 3 is 2.79 bits per heavy atom. The Kier molecular flexibility index (Phi) is 2.31. The number of alkyl halides is 3. The highest BCUT2D eigenvalue weighted by Gasteiger charge is 2.35. The van der Waals surface area contributed by atoms with Gasteiger partial charge in [0.05, 0.1) is 0 Å². The van der Waals surface area contributed by atoms with Gasteiger partial charge in [-0.25, -0.2) is 0 Å². The molecule has 1 aromatic rings. The van der Waals surface area contributed by atoms with E-state index in [1.807, 2.05) is 6.92 Å². The number of hydrogen-bond donors (Lipinski definition) is 1. The Morgan fingerprint density at radius 2 is 2.21 bits per heavy atom. The van der Waals surface area contributed by atoms with Gasteiger partial charge in [0, 0.05) is 17.5 Å². The van der Waals surface area contributed by atoms with Gasteiger partial charge in [0.15, 0.2) is 0 Å². The molecule has 0 saturated heterocycles. The first-order valence-corrected chi connectivity index (χ1v) is 5.23. The quantitative estimate of drug-likeness (QED) is 0.710. The van der Waals surface area contributed by atoms with Crippen molar-refractivity contribution in [1.82, 2.24) is 5.32 Å². The lowest BCUT2D eigenvalue weighted by molar-refractivity contribution is -0.134. The number of rotatable bonds is 0. The van der Waals surface area contributed by atoms with Crippen molar-refractivity contribution in [2.75, 3.05) is 6.54 Å². The van der Waals surface area contributed by atoms with Crippen LogP contribution in [0.2, 0.25) is 0 Å². The normalized spacial score (nSPS) is 22.1. The average Bonchev–Trinajstić information content (AvgIpc) is 2.48. The third-order valence-electron chi connectivity index (χ3n) is 2.39. The van der Waals surface area contributed by atoms with Crippen LogP contribution in [-0.2, 0) is 12.6 Å². The van der Waals surface area contributed by atoms with Crippen LogP contribution in [-0.4, -0.2) is 6.54 Å². The minimum atomic E-state index is -4.19. The Bertz CT molecular complexity index is 342. The summed E-state index contributed by atoms with van der Waals surface area (Å²) in [7, 11) is 0. The molecule has 0 radical (unpaired) electrons. The largest absolute Gasteiger partial charge is 0.425 e. The Balaban J connectivity index is 2.40. The molecule has 14 heavy (non-hydrogen) atoms. The van der Waals surface area contributed by atoms with E-state index in [1.165, 1.54) is 6.07 Å². The highest BCUT2D eigenvalue weighted by atomic mass is 32.1. The smallest absolute Gasteiger partial charge is 0.310 e. The van der Waals surface area contributed by atoms with E-state index in [2.05, 4.69) is 5.32 Å². The Morgan fingerprint density at radius 1 is 1.50 bits per heavy atom. The summed E-state index contributed by atoms with van der Waals surface area (Å²) in [6.45, 7) is 2.66. The van der Waals surface area contributed by atoms with Crippen molar-refractivity contribution in [3.8, 4) is 0 Å². The Labute approximate surface area is 83.9 Å². The van der Waals surface area contributed by atoms with Crippen molar-refractivity contribution in [3.63, 3.8) is 0 Å². The van der Waals surface area contributed by atoms with Crippen LogP contribution in [0.25, 0.3) is 0 Å². The highest BCUT2D eigenvalue weighted by Crippen LogP contribution is 2.39. The minimum absolute atomic E-state index is 0.0473. The molecule has 0 bridgehead atoms. The van der Waals surface area contributed by atoms with Crippen molar-refractivity contribution in [1.29, 1.82) is 0 Å². The zero-order valence-electron chi connectivity index (χ0n) is 7.61. The van der Waals surface area contributed by atoms with Gasteiger partial charge in [-0.05, 0) is 25.0 Å². The molecule has 78 valence electrons. The second kappa shape index (κ2) is 3.24. The van der Waals surface area contributed by atoms with Crippen molar-refractivity contribution in [2.24, 2.45) is 0 Å². The third kappa shape index (κ3) is 1.66. The zero-order valence-corrected chi connectivity index (χ0v) is 8.43. The van der Waals surface area contributed by atoms with Crippen molar-refractivity contribution >= 4 is 11.3 Å². The molecule has 1 aliphatic rings. The lowest BCUT2D eigenvalue weighted by atomic mass is 10.0. The van der Waals surface area contributed by atoms with Crippen LogP contribution in [0.1, 0.15) is 28.3 Å². The maximum atomic E-state index is 12.4. The highest BCUT2D eigenvalue weighted by molar-refractivity contribution is 7.12. The first-order chi connectivity index (χ1) is 6.48. The monoisotopic (exact) mass is 221 g/mol. The van der Waals surface area contributed by atoms with Crippen LogP contribution < -0.4 is 5.32 Å². The van der Waals surface area contributed by atoms with E-state index < -0.39 is 11.1 Å². The number of hydrogen-bond acceptors (Lipinski definition) is 2. The molecule has 1 aromatic heterocycles. The topological polar surface area (TPSA) is 12.0 Å². The Hall–Kier alpha value is -0.550. The summed E-state index contributed by atoms with van der Waals surface area (Å²) in [4.78, 5) is 0.404. The molecule has 0 aromatic carbocycles. The molecule has 0 saturated carbocycles. The first-order valence-electron chi connectivity index (χ1n) is 4.41. The molecule has 1 unspecified atom stereocenters. The van der Waals surface area contributed by atoms with Crippen LogP contribution in [0.5, 0.6) is 0 Å². The first kappa shape index (κ1) is 9.98. The summed E-state index contributed by atoms with van der Waals surface area (Å²) in [6, 6.07) is 1.32. The van der Waals surface area contributed by atoms with E-state index in [9.17, 15) is 13.2 Å². The average molecular weight is 221 g/mol. The van der Waals surface area contributed by atoms with Crippen LogP contribution in [0.4, 0.5) is 13.2 Å². The number of fused-ring (bicyclic) bond motifs is 1. The molecule has 2 heterocycles. The molecule has 1 nitrogen and oxygen atoms in total. The predicted octanol–water partition coefficient (Wildman–Crippen LogP) is 2.97. The lowest BCUT2D eigenvalue weighted by Crippen LogP contribution is -2.26. The predicted molar refractivity (Wildman–Crippen MR) is 49.4 cm³/mol. The standard InChI is InChI=1S/C9H10F3NS/c1-5-6-4-8(9(10,11)12)14-7(6)2-3-13-5/h4-5,13H,2-3H2,1H3. The second-order valence-electron chi connectivity index (χ2n) is 3.41. The van der Waals surface area contributed by atoms with E-state index in [1.54, 1.807) is 0 Å². The van der Waals surface area contributed by atoms with Gasteiger partial charge in [-0.3, -0.25) is 0 Å². The van der Waals surface area contributed by atoms with Gasteiger partial charge in [-0.2, -0.15) is 13.2 Å². The third-order valence-corrected chi connectivity index (χ3v) is 3.65. The maximum Gasteiger partial charge on any atom is 0.425 e. The fourth-order valence-electron chi connectivity index (χ4n) is 1.66. The van der Waals surface area contributed by atoms with Gasteiger partial charge >= 0.3 is 6.18 Å². The zero-order chi connectivity index (χ0) is 10.3. The molecule has 0 spiro atoms. The molecule has 2 rings (SSSR count). The van der Waals surface area contributed by atoms with E-state index in [0.717, 1.165) is 28.3 Å². The van der Waals surface area contributed by atoms with E-state index in [0.29, 0.717) is 6.42 Å². The summed E-state index contributed by atoms with van der Waals surface area (Å²) in [5.74, 6) is 0. The fourth-order valence-corrected chi connectivity index (χ4v) is 2.78. The summed E-state index contributed by atoms with van der Waals surface area (Å²) >= 11 is 0.881. The van der Waals surface area contributed by atoms with Gasteiger partial charge < -0.3 is 5.32 Å². The summed E-state index contributed by atoms with van der Waals surface area (Å²) in [6.07, 6.45) is -3.48. The van der Waals surface area contributed by atoms with Gasteiger partial charge in [-0.15, -0.1) is 11.3 Å². The minimum Gasteiger partial charge on any atom is -0.310 e. The molecule has 1 N–H and O–H groups in total. The molecule has 5 heteroatoms. The molecule has 1 aliphatic heterocycles. The lowest BCUT2D eigenvalue weighted by Gasteiger charge is -2.19. The number of nitrogens with one attached hydrogen (secondary N) is 1. The molecule has 0 fully saturated rings. The summed E-state index contributed by atoms with van der Waals surface area (Å²) in [5.41, 5.74) is 0.813. The number of thiophene rings is 1. The van der Waals surface area contributed by atoms with Gasteiger partial charge in [0.25, 0.3) is 0 Å².